The zero-order valence-electron chi connectivity index (χ0n) is 30.7. The van der Waals surface area contributed by atoms with Crippen LogP contribution < -0.4 is 11.5 Å². The topological polar surface area (TPSA) is 89.3 Å². The highest BCUT2D eigenvalue weighted by atomic mass is 16.4. The molecule has 0 saturated carbocycles. The van der Waals surface area contributed by atoms with Crippen LogP contribution in [0.4, 0.5) is 0 Å². The predicted octanol–water partition coefficient (Wildman–Crippen LogP) is 11.7. The number of aromatic carboxylic acids is 1. The van der Waals surface area contributed by atoms with Crippen molar-refractivity contribution in [2.75, 3.05) is 14.1 Å². The summed E-state index contributed by atoms with van der Waals surface area (Å²) in [6.07, 6.45) is 0. The maximum Gasteiger partial charge on any atom is 0.335 e. The lowest BCUT2D eigenvalue weighted by Gasteiger charge is -1.88. The first-order valence-corrected chi connectivity index (χ1v) is 15.6. The molecule has 0 aromatic heterocycles. The third-order valence-corrected chi connectivity index (χ3v) is 2.90. The first-order chi connectivity index (χ1) is 20.1. The van der Waals surface area contributed by atoms with E-state index in [1.54, 1.807) is 30.3 Å². The summed E-state index contributed by atoms with van der Waals surface area (Å²) in [6, 6.07) is 28.8. The van der Waals surface area contributed by atoms with Gasteiger partial charge in [0, 0.05) is 0 Å². The smallest absolute Gasteiger partial charge is 0.335 e. The highest BCUT2D eigenvalue weighted by Crippen LogP contribution is 1.96. The van der Waals surface area contributed by atoms with Gasteiger partial charge in [-0.2, -0.15) is 0 Å². The molecule has 3 aromatic rings. The van der Waals surface area contributed by atoms with E-state index in [0.717, 1.165) is 0 Å². The molecule has 3 rings (SSSR count). The van der Waals surface area contributed by atoms with E-state index < -0.39 is 5.97 Å². The average Bonchev–Trinajstić information content (AvgIpc) is 3.11. The first kappa shape index (κ1) is 61.9. The van der Waals surface area contributed by atoms with Gasteiger partial charge in [0.25, 0.3) is 0 Å². The van der Waals surface area contributed by atoms with Gasteiger partial charge in [0.15, 0.2) is 0 Å². The summed E-state index contributed by atoms with van der Waals surface area (Å²) in [5, 5.41) is 8.38. The van der Waals surface area contributed by atoms with Crippen molar-refractivity contribution >= 4 is 5.97 Å². The number of carboxylic acid groups (broad SMARTS) is 1. The second kappa shape index (κ2) is 83.2. The molecule has 0 aliphatic heterocycles. The molecule has 0 saturated heterocycles. The minimum Gasteiger partial charge on any atom is -0.478 e. The molecule has 0 aliphatic carbocycles. The van der Waals surface area contributed by atoms with Gasteiger partial charge >= 0.3 is 5.97 Å². The number of aryl methyl sites for hydroxylation is 2. The molecular weight excluding hydrogens is 504 g/mol. The van der Waals surface area contributed by atoms with Crippen LogP contribution in [0.1, 0.15) is 118 Å². The van der Waals surface area contributed by atoms with E-state index in [2.05, 4.69) is 49.6 Å². The van der Waals surface area contributed by atoms with E-state index in [1.807, 2.05) is 133 Å². The van der Waals surface area contributed by atoms with Crippen LogP contribution in [0, 0.1) is 13.8 Å². The largest absolute Gasteiger partial charge is 0.478 e. The Hall–Kier alpha value is -2.95. The molecule has 0 amide bonds. The van der Waals surface area contributed by atoms with E-state index in [4.69, 9.17) is 5.11 Å². The SMILES string of the molecule is CC.CC.CC.CC.CC.CC.CC.CN.CN.Cc1ccccc1.Cc1ccccc1.O=C(O)c1ccccc1. The van der Waals surface area contributed by atoms with E-state index in [0.29, 0.717) is 5.56 Å². The Morgan fingerprint density at radius 3 is 0.683 bits per heavy atom. The van der Waals surface area contributed by atoms with Crippen LogP contribution in [0.15, 0.2) is 91.0 Å². The fraction of sp³-hybridized carbons (Fsp3) is 0.486. The van der Waals surface area contributed by atoms with Gasteiger partial charge in [-0.25, -0.2) is 4.79 Å². The van der Waals surface area contributed by atoms with Crippen molar-refractivity contribution in [1.29, 1.82) is 0 Å². The third kappa shape index (κ3) is 72.5. The van der Waals surface area contributed by atoms with Crippen LogP contribution in [0.25, 0.3) is 0 Å². The monoisotopic (exact) mass is 579 g/mol. The highest BCUT2D eigenvalue weighted by Gasteiger charge is 1.96. The average molecular weight is 579 g/mol. The van der Waals surface area contributed by atoms with E-state index in [-0.39, 0.29) is 0 Å². The Balaban J connectivity index is -0.0000000422. The van der Waals surface area contributed by atoms with Crippen LogP contribution in [0.3, 0.4) is 0 Å². The summed E-state index contributed by atoms with van der Waals surface area (Å²) in [5.74, 6) is -0.879. The first-order valence-electron chi connectivity index (χ1n) is 15.6. The molecule has 0 spiro atoms. The van der Waals surface area contributed by atoms with Crippen LogP contribution in [0.2, 0.25) is 0 Å². The number of benzene rings is 3. The molecule has 5 N–H and O–H groups in total. The summed E-state index contributed by atoms with van der Waals surface area (Å²) < 4.78 is 0. The number of hydrogen-bond donors (Lipinski definition) is 3. The molecule has 4 heteroatoms. The van der Waals surface area contributed by atoms with Crippen LogP contribution >= 0.6 is 0 Å². The van der Waals surface area contributed by atoms with Crippen LogP contribution in [-0.4, -0.2) is 25.2 Å². The lowest BCUT2D eigenvalue weighted by atomic mass is 10.2. The summed E-state index contributed by atoms with van der Waals surface area (Å²) >= 11 is 0. The van der Waals surface area contributed by atoms with Crippen molar-refractivity contribution in [3.05, 3.63) is 108 Å². The molecule has 3 aromatic carbocycles. The van der Waals surface area contributed by atoms with Gasteiger partial charge in [-0.05, 0) is 40.1 Å². The fourth-order valence-corrected chi connectivity index (χ4v) is 1.65. The maximum absolute atomic E-state index is 10.2. The third-order valence-electron chi connectivity index (χ3n) is 2.90. The minimum absolute atomic E-state index is 0.331. The van der Waals surface area contributed by atoms with E-state index >= 15 is 0 Å². The Bertz CT molecular complexity index is 638. The van der Waals surface area contributed by atoms with Gasteiger partial charge in [-0.1, -0.05) is 187 Å². The zero-order valence-corrected chi connectivity index (χ0v) is 30.7. The van der Waals surface area contributed by atoms with Gasteiger partial charge in [-0.3, -0.25) is 0 Å². The van der Waals surface area contributed by atoms with Crippen LogP contribution in [0.5, 0.6) is 0 Å². The van der Waals surface area contributed by atoms with Crippen molar-refractivity contribution in [3.8, 4) is 0 Å². The van der Waals surface area contributed by atoms with E-state index in [9.17, 15) is 4.79 Å². The van der Waals surface area contributed by atoms with Crippen molar-refractivity contribution in [2.45, 2.75) is 111 Å². The summed E-state index contributed by atoms with van der Waals surface area (Å²) in [4.78, 5) is 10.2. The molecule has 0 atom stereocenters. The fourth-order valence-electron chi connectivity index (χ4n) is 1.65. The number of carbonyl (C=O) groups is 1. The van der Waals surface area contributed by atoms with Crippen molar-refractivity contribution in [1.82, 2.24) is 0 Å². The molecule has 0 fully saturated rings. The number of carboxylic acids is 1. The zero-order chi connectivity index (χ0) is 34.9. The Labute approximate surface area is 259 Å². The van der Waals surface area contributed by atoms with Crippen LogP contribution in [-0.2, 0) is 0 Å². The van der Waals surface area contributed by atoms with Crippen molar-refractivity contribution in [2.24, 2.45) is 11.5 Å². The summed E-state index contributed by atoms with van der Waals surface area (Å²) in [7, 11) is 3.00. The van der Waals surface area contributed by atoms with Crippen molar-refractivity contribution < 1.29 is 9.90 Å². The molecule has 0 unspecified atom stereocenters. The molecule has 0 radical (unpaired) electrons. The van der Waals surface area contributed by atoms with Crippen molar-refractivity contribution in [3.63, 3.8) is 0 Å². The lowest BCUT2D eigenvalue weighted by Crippen LogP contribution is -1.93. The van der Waals surface area contributed by atoms with E-state index in [1.165, 1.54) is 25.2 Å². The number of nitrogens with two attached hydrogens (primary N) is 2. The van der Waals surface area contributed by atoms with Gasteiger partial charge in [0.2, 0.25) is 0 Å². The summed E-state index contributed by atoms with van der Waals surface area (Å²) in [5.41, 5.74) is 12.0. The second-order valence-electron chi connectivity index (χ2n) is 4.98. The number of hydrogen-bond acceptors (Lipinski definition) is 3. The van der Waals surface area contributed by atoms with Gasteiger partial charge in [-0.15, -0.1) is 0 Å². The Morgan fingerprint density at radius 1 is 0.415 bits per heavy atom. The highest BCUT2D eigenvalue weighted by molar-refractivity contribution is 5.87. The Morgan fingerprint density at radius 2 is 0.585 bits per heavy atom. The second-order valence-corrected chi connectivity index (χ2v) is 4.98. The maximum atomic E-state index is 10.2. The molecule has 244 valence electrons. The molecule has 0 bridgehead atoms. The normalized spacial score (nSPS) is 6.24. The molecule has 41 heavy (non-hydrogen) atoms. The Kier molecular flexibility index (Phi) is 126. The predicted molar refractivity (Wildman–Crippen MR) is 195 cm³/mol. The lowest BCUT2D eigenvalue weighted by molar-refractivity contribution is 0.0697. The van der Waals surface area contributed by atoms with Gasteiger partial charge < -0.3 is 16.6 Å². The quantitative estimate of drug-likeness (QED) is 0.268. The molecule has 0 heterocycles. The standard InChI is InChI=1S/C7H6O2.2C7H8.7C2H6.2CH5N/c8-7(9)6-4-2-1-3-5-6;2*1-7-5-3-2-4-6-7;9*1-2/h1-5H,(H,8,9);2*2-6H,1H3;7*1-2H3;2*2H2,1H3. The van der Waals surface area contributed by atoms with Gasteiger partial charge in [0.05, 0.1) is 5.56 Å². The molecule has 0 aliphatic rings. The summed E-state index contributed by atoms with van der Waals surface area (Å²) in [6.45, 7) is 32.2. The van der Waals surface area contributed by atoms with Gasteiger partial charge in [0.1, 0.15) is 0 Å². The minimum atomic E-state index is -0.879. The molecule has 4 nitrogen and oxygen atoms in total. The number of rotatable bonds is 1. The molecular formula is C37H74N2O2.